The van der Waals surface area contributed by atoms with Gasteiger partial charge in [-0.15, -0.1) is 0 Å². The lowest BCUT2D eigenvalue weighted by Crippen LogP contribution is -2.33. The van der Waals surface area contributed by atoms with Crippen molar-refractivity contribution in [3.8, 4) is 0 Å². The monoisotopic (exact) mass is 280 g/mol. The molecular weight excluding hydrogens is 260 g/mol. The molecule has 0 saturated carbocycles. The molecule has 2 aliphatic heterocycles. The fourth-order valence-corrected chi connectivity index (χ4v) is 3.55. The molecule has 5 heteroatoms. The van der Waals surface area contributed by atoms with Crippen molar-refractivity contribution in [2.75, 3.05) is 13.2 Å². The summed E-state index contributed by atoms with van der Waals surface area (Å²) in [6.45, 7) is 3.59. The third kappa shape index (κ3) is 2.68. The van der Waals surface area contributed by atoms with Crippen LogP contribution in [0.2, 0.25) is 0 Å². The quantitative estimate of drug-likeness (QED) is 0.918. The van der Waals surface area contributed by atoms with Crippen LogP contribution in [0, 0.1) is 0 Å². The van der Waals surface area contributed by atoms with E-state index in [1.807, 2.05) is 11.8 Å². The number of hydrogen-bond donors (Lipinski definition) is 1. The Balaban J connectivity index is 1.67. The van der Waals surface area contributed by atoms with Gasteiger partial charge in [-0.3, -0.25) is 10.1 Å². The van der Waals surface area contributed by atoms with Crippen LogP contribution in [-0.4, -0.2) is 36.1 Å². The summed E-state index contributed by atoms with van der Waals surface area (Å²) in [5.74, 6) is 0.203. The molecule has 3 unspecified atom stereocenters. The Labute approximate surface area is 117 Å². The molecule has 0 spiro atoms. The van der Waals surface area contributed by atoms with Crippen LogP contribution in [-0.2, 0) is 9.53 Å². The molecule has 19 heavy (non-hydrogen) atoms. The molecule has 2 saturated heterocycles. The van der Waals surface area contributed by atoms with E-state index < -0.39 is 0 Å². The number of hydrogen-bond acceptors (Lipinski definition) is 4. The largest absolute Gasteiger partial charge is 0.378 e. The van der Waals surface area contributed by atoms with Gasteiger partial charge in [-0.25, -0.2) is 0 Å². The van der Waals surface area contributed by atoms with E-state index in [1.165, 1.54) is 5.56 Å². The first kappa shape index (κ1) is 13.1. The first-order chi connectivity index (χ1) is 9.25. The maximum Gasteiger partial charge on any atom is 0.241 e. The van der Waals surface area contributed by atoms with Gasteiger partial charge in [0.05, 0.1) is 12.1 Å². The lowest BCUT2D eigenvalue weighted by atomic mass is 10.1. The van der Waals surface area contributed by atoms with E-state index in [4.69, 9.17) is 4.74 Å². The maximum atomic E-state index is 12.2. The molecule has 4 nitrogen and oxygen atoms in total. The van der Waals surface area contributed by atoms with Crippen LogP contribution in [0.25, 0.3) is 0 Å². The number of ether oxygens (including phenoxy) is 1. The van der Waals surface area contributed by atoms with E-state index in [0.717, 1.165) is 32.4 Å². The van der Waals surface area contributed by atoms with Crippen LogP contribution in [0.3, 0.4) is 0 Å². The minimum Gasteiger partial charge on any atom is -0.378 e. The van der Waals surface area contributed by atoms with Gasteiger partial charge in [-0.1, -0.05) is 0 Å². The lowest BCUT2D eigenvalue weighted by molar-refractivity contribution is -0.130. The molecular formula is C14H20N2O2S. The Morgan fingerprint density at radius 3 is 3.16 bits per heavy atom. The van der Waals surface area contributed by atoms with Crippen molar-refractivity contribution >= 4 is 17.2 Å². The summed E-state index contributed by atoms with van der Waals surface area (Å²) in [4.78, 5) is 14.2. The summed E-state index contributed by atoms with van der Waals surface area (Å²) in [7, 11) is 0. The second-order valence-corrected chi connectivity index (χ2v) is 6.08. The molecule has 0 aromatic carbocycles. The molecule has 0 bridgehead atoms. The first-order valence-electron chi connectivity index (χ1n) is 6.96. The van der Waals surface area contributed by atoms with E-state index >= 15 is 0 Å². The summed E-state index contributed by atoms with van der Waals surface area (Å²) in [6.07, 6.45) is 3.61. The van der Waals surface area contributed by atoms with Crippen LogP contribution in [0.4, 0.5) is 0 Å². The van der Waals surface area contributed by atoms with Crippen LogP contribution < -0.4 is 5.32 Å². The Kier molecular flexibility index (Phi) is 3.86. The van der Waals surface area contributed by atoms with E-state index in [-0.39, 0.29) is 18.1 Å². The first-order valence-corrected chi connectivity index (χ1v) is 7.90. The average Bonchev–Trinajstić information content (AvgIpc) is 3.12. The predicted octanol–water partition coefficient (Wildman–Crippen LogP) is 2.14. The number of nitrogens with one attached hydrogen (secondary N) is 1. The van der Waals surface area contributed by atoms with Crippen molar-refractivity contribution in [3.63, 3.8) is 0 Å². The van der Waals surface area contributed by atoms with Gasteiger partial charge in [0.2, 0.25) is 5.91 Å². The Morgan fingerprint density at radius 1 is 1.58 bits per heavy atom. The van der Waals surface area contributed by atoms with Gasteiger partial charge in [0.1, 0.15) is 6.17 Å². The smallest absolute Gasteiger partial charge is 0.241 e. The van der Waals surface area contributed by atoms with Crippen molar-refractivity contribution in [2.45, 2.75) is 44.5 Å². The number of carbonyl (C=O) groups excluding carboxylic acids is 1. The lowest BCUT2D eigenvalue weighted by Gasteiger charge is -2.24. The number of nitrogens with zero attached hydrogens (tertiary/aromatic N) is 1. The zero-order chi connectivity index (χ0) is 13.2. The molecule has 3 heterocycles. The van der Waals surface area contributed by atoms with Crippen molar-refractivity contribution in [2.24, 2.45) is 0 Å². The number of thiophene rings is 1. The zero-order valence-corrected chi connectivity index (χ0v) is 12.0. The van der Waals surface area contributed by atoms with Crippen molar-refractivity contribution in [1.29, 1.82) is 0 Å². The minimum absolute atomic E-state index is 0.0372. The van der Waals surface area contributed by atoms with Crippen molar-refractivity contribution < 1.29 is 9.53 Å². The van der Waals surface area contributed by atoms with Crippen LogP contribution in [0.1, 0.15) is 37.9 Å². The molecule has 0 aliphatic carbocycles. The Hall–Kier alpha value is -0.910. The number of carbonyl (C=O) groups is 1. The molecule has 2 aliphatic rings. The summed E-state index contributed by atoms with van der Waals surface area (Å²) >= 11 is 1.67. The Bertz CT molecular complexity index is 429. The SMILES string of the molecule is CC1NC(c2ccsc2)N(CCC2CCCO2)C1=O. The topological polar surface area (TPSA) is 41.6 Å². The summed E-state index contributed by atoms with van der Waals surface area (Å²) in [6, 6.07) is 2.00. The number of amides is 1. The molecule has 3 atom stereocenters. The van der Waals surface area contributed by atoms with Crippen molar-refractivity contribution in [3.05, 3.63) is 22.4 Å². The van der Waals surface area contributed by atoms with Gasteiger partial charge in [0.25, 0.3) is 0 Å². The van der Waals surface area contributed by atoms with Gasteiger partial charge >= 0.3 is 0 Å². The molecule has 104 valence electrons. The highest BCUT2D eigenvalue weighted by Crippen LogP contribution is 2.28. The minimum atomic E-state index is -0.0885. The predicted molar refractivity (Wildman–Crippen MR) is 75.0 cm³/mol. The highest BCUT2D eigenvalue weighted by atomic mass is 32.1. The van der Waals surface area contributed by atoms with Crippen LogP contribution >= 0.6 is 11.3 Å². The fraction of sp³-hybridized carbons (Fsp3) is 0.643. The van der Waals surface area contributed by atoms with Crippen LogP contribution in [0.5, 0.6) is 0 Å². The fourth-order valence-electron chi connectivity index (χ4n) is 2.88. The van der Waals surface area contributed by atoms with Crippen LogP contribution in [0.15, 0.2) is 16.8 Å². The summed E-state index contributed by atoms with van der Waals surface area (Å²) in [5, 5.41) is 7.55. The average molecular weight is 280 g/mol. The second-order valence-electron chi connectivity index (χ2n) is 5.30. The van der Waals surface area contributed by atoms with Gasteiger partial charge in [0, 0.05) is 13.2 Å². The third-order valence-corrected chi connectivity index (χ3v) is 4.65. The van der Waals surface area contributed by atoms with Crippen molar-refractivity contribution in [1.82, 2.24) is 10.2 Å². The highest BCUT2D eigenvalue weighted by molar-refractivity contribution is 7.07. The normalized spacial score (nSPS) is 31.3. The molecule has 3 rings (SSSR count). The van der Waals surface area contributed by atoms with E-state index in [2.05, 4.69) is 22.1 Å². The van der Waals surface area contributed by atoms with Gasteiger partial charge in [0.15, 0.2) is 0 Å². The Morgan fingerprint density at radius 2 is 2.47 bits per heavy atom. The molecule has 2 fully saturated rings. The second kappa shape index (κ2) is 5.61. The molecule has 1 N–H and O–H groups in total. The van der Waals surface area contributed by atoms with E-state index in [9.17, 15) is 4.79 Å². The standard InChI is InChI=1S/C14H20N2O2S/c1-10-14(17)16(6-4-12-3-2-7-18-12)13(15-10)11-5-8-19-9-11/h5,8-10,12-13,15H,2-4,6-7H2,1H3. The van der Waals surface area contributed by atoms with Gasteiger partial charge in [-0.05, 0) is 48.6 Å². The third-order valence-electron chi connectivity index (χ3n) is 3.95. The zero-order valence-electron chi connectivity index (χ0n) is 11.2. The summed E-state index contributed by atoms with van der Waals surface area (Å²) in [5.41, 5.74) is 1.19. The van der Waals surface area contributed by atoms with E-state index in [0.29, 0.717) is 6.10 Å². The maximum absolute atomic E-state index is 12.2. The molecule has 0 radical (unpaired) electrons. The summed E-state index contributed by atoms with van der Waals surface area (Å²) < 4.78 is 5.64. The van der Waals surface area contributed by atoms with Gasteiger partial charge < -0.3 is 9.64 Å². The molecule has 1 aromatic heterocycles. The van der Waals surface area contributed by atoms with E-state index in [1.54, 1.807) is 11.3 Å². The molecule has 1 amide bonds. The molecule has 1 aromatic rings. The van der Waals surface area contributed by atoms with Gasteiger partial charge in [-0.2, -0.15) is 11.3 Å². The number of rotatable bonds is 4. The highest BCUT2D eigenvalue weighted by Gasteiger charge is 2.37.